The van der Waals surface area contributed by atoms with E-state index in [1.165, 1.54) is 16.2 Å². The molecule has 0 bridgehead atoms. The Bertz CT molecular complexity index is 696. The zero-order valence-corrected chi connectivity index (χ0v) is 15.1. The maximum atomic E-state index is 12.5. The molecule has 7 nitrogen and oxygen atoms in total. The summed E-state index contributed by atoms with van der Waals surface area (Å²) in [4.78, 5) is 24.1. The van der Waals surface area contributed by atoms with Gasteiger partial charge < -0.3 is 9.42 Å². The lowest BCUT2D eigenvalue weighted by Crippen LogP contribution is -2.42. The number of nitrogens with zero attached hydrogens (tertiary/aromatic N) is 4. The lowest BCUT2D eigenvalue weighted by Gasteiger charge is -2.32. The first-order valence-electron chi connectivity index (χ1n) is 8.32. The Balaban J connectivity index is 1.56. The number of hydrogen-bond acceptors (Lipinski definition) is 6. The van der Waals surface area contributed by atoms with E-state index in [0.717, 1.165) is 31.6 Å². The monoisotopic (exact) mass is 349 g/mol. The smallest absolute Gasteiger partial charge is 0.323 e. The summed E-state index contributed by atoms with van der Waals surface area (Å²) in [5, 5.41) is 7.54. The van der Waals surface area contributed by atoms with Crippen LogP contribution in [-0.4, -0.2) is 39.1 Å². The molecular formula is C16H23N5O2S. The highest BCUT2D eigenvalue weighted by molar-refractivity contribution is 7.15. The zero-order chi connectivity index (χ0) is 17.1. The molecular weight excluding hydrogens is 326 g/mol. The maximum absolute atomic E-state index is 12.5. The van der Waals surface area contributed by atoms with E-state index in [4.69, 9.17) is 4.52 Å². The summed E-state index contributed by atoms with van der Waals surface area (Å²) in [5.41, 5.74) is 0. The molecule has 3 rings (SSSR count). The predicted octanol–water partition coefficient (Wildman–Crippen LogP) is 3.44. The number of piperidine rings is 1. The van der Waals surface area contributed by atoms with Crippen molar-refractivity contribution in [1.82, 2.24) is 20.0 Å². The Kier molecular flexibility index (Phi) is 5.13. The molecule has 1 aliphatic heterocycles. The molecule has 2 aromatic heterocycles. The van der Waals surface area contributed by atoms with Crippen molar-refractivity contribution >= 4 is 22.5 Å². The number of anilines is 1. The molecule has 0 saturated carbocycles. The first-order valence-corrected chi connectivity index (χ1v) is 9.13. The maximum Gasteiger partial charge on any atom is 0.323 e. The van der Waals surface area contributed by atoms with Crippen LogP contribution in [0.15, 0.2) is 10.7 Å². The number of thiazole rings is 1. The van der Waals surface area contributed by atoms with E-state index in [1.54, 1.807) is 6.92 Å². The average Bonchev–Trinajstić information content (AvgIpc) is 3.17. The van der Waals surface area contributed by atoms with Crippen molar-refractivity contribution in [2.24, 2.45) is 5.92 Å². The van der Waals surface area contributed by atoms with Gasteiger partial charge in [-0.15, -0.1) is 11.3 Å². The van der Waals surface area contributed by atoms with Gasteiger partial charge in [0.2, 0.25) is 5.89 Å². The van der Waals surface area contributed by atoms with Crippen LogP contribution in [0, 0.1) is 12.8 Å². The number of amides is 2. The Morgan fingerprint density at radius 3 is 3.04 bits per heavy atom. The number of aromatic nitrogens is 3. The van der Waals surface area contributed by atoms with Gasteiger partial charge in [-0.2, -0.15) is 4.98 Å². The standard InChI is InChI=1S/C16H23N5O2S/c1-10(2)13-8-17-15(24-13)19-16(22)21-6-4-5-12(9-21)7-14-18-11(3)23-20-14/h8,10,12H,4-7,9H2,1-3H3,(H,17,19,22)/t12-/m1/s1. The van der Waals surface area contributed by atoms with Gasteiger partial charge in [0.25, 0.3) is 0 Å². The second-order valence-electron chi connectivity index (χ2n) is 6.54. The minimum Gasteiger partial charge on any atom is -0.340 e. The summed E-state index contributed by atoms with van der Waals surface area (Å²) in [6.07, 6.45) is 4.65. The van der Waals surface area contributed by atoms with Crippen molar-refractivity contribution in [3.8, 4) is 0 Å². The third kappa shape index (κ3) is 4.11. The van der Waals surface area contributed by atoms with Crippen LogP contribution in [0.5, 0.6) is 0 Å². The van der Waals surface area contributed by atoms with Gasteiger partial charge in [0.05, 0.1) is 0 Å². The predicted molar refractivity (Wildman–Crippen MR) is 92.3 cm³/mol. The Morgan fingerprint density at radius 2 is 2.38 bits per heavy atom. The van der Waals surface area contributed by atoms with E-state index >= 15 is 0 Å². The summed E-state index contributed by atoms with van der Waals surface area (Å²) in [6, 6.07) is -0.0753. The normalized spacial score (nSPS) is 18.2. The highest BCUT2D eigenvalue weighted by Crippen LogP contribution is 2.26. The number of urea groups is 1. The van der Waals surface area contributed by atoms with E-state index in [9.17, 15) is 4.79 Å². The number of carbonyl (C=O) groups is 1. The number of aryl methyl sites for hydroxylation is 1. The van der Waals surface area contributed by atoms with Crippen molar-refractivity contribution in [3.63, 3.8) is 0 Å². The number of carbonyl (C=O) groups excluding carboxylic acids is 1. The largest absolute Gasteiger partial charge is 0.340 e. The van der Waals surface area contributed by atoms with Crippen molar-refractivity contribution < 1.29 is 9.32 Å². The van der Waals surface area contributed by atoms with Crippen LogP contribution < -0.4 is 5.32 Å². The third-order valence-corrected chi connectivity index (χ3v) is 5.37. The summed E-state index contributed by atoms with van der Waals surface area (Å²) in [6.45, 7) is 7.51. The van der Waals surface area contributed by atoms with Gasteiger partial charge in [-0.1, -0.05) is 19.0 Å². The summed E-state index contributed by atoms with van der Waals surface area (Å²) in [5.74, 6) is 2.09. The fraction of sp³-hybridized carbons (Fsp3) is 0.625. The molecule has 1 fully saturated rings. The van der Waals surface area contributed by atoms with Crippen molar-refractivity contribution in [2.75, 3.05) is 18.4 Å². The van der Waals surface area contributed by atoms with E-state index < -0.39 is 0 Å². The first kappa shape index (κ1) is 16.9. The van der Waals surface area contributed by atoms with Gasteiger partial charge in [-0.3, -0.25) is 5.32 Å². The molecule has 2 aromatic rings. The molecule has 1 atom stereocenters. The molecule has 0 aromatic carbocycles. The highest BCUT2D eigenvalue weighted by Gasteiger charge is 2.25. The van der Waals surface area contributed by atoms with Crippen molar-refractivity contribution in [3.05, 3.63) is 22.8 Å². The minimum absolute atomic E-state index is 0.0753. The molecule has 0 spiro atoms. The molecule has 0 radical (unpaired) electrons. The molecule has 1 N–H and O–H groups in total. The first-order chi connectivity index (χ1) is 11.5. The lowest BCUT2D eigenvalue weighted by molar-refractivity contribution is 0.176. The Labute approximate surface area is 145 Å². The van der Waals surface area contributed by atoms with Gasteiger partial charge in [0.1, 0.15) is 0 Å². The Morgan fingerprint density at radius 1 is 1.54 bits per heavy atom. The fourth-order valence-electron chi connectivity index (χ4n) is 2.88. The van der Waals surface area contributed by atoms with Gasteiger partial charge in [-0.25, -0.2) is 9.78 Å². The molecule has 8 heteroatoms. The molecule has 1 saturated heterocycles. The van der Waals surface area contributed by atoms with Crippen LogP contribution in [0.4, 0.5) is 9.93 Å². The fourth-order valence-corrected chi connectivity index (χ4v) is 3.69. The van der Waals surface area contributed by atoms with E-state index in [0.29, 0.717) is 29.4 Å². The van der Waals surface area contributed by atoms with Crippen LogP contribution >= 0.6 is 11.3 Å². The zero-order valence-electron chi connectivity index (χ0n) is 14.3. The van der Waals surface area contributed by atoms with Gasteiger partial charge in [0.15, 0.2) is 11.0 Å². The van der Waals surface area contributed by atoms with Crippen LogP contribution in [0.2, 0.25) is 0 Å². The topological polar surface area (TPSA) is 84.2 Å². The molecule has 3 heterocycles. The molecule has 2 amide bonds. The second-order valence-corrected chi connectivity index (χ2v) is 7.60. The van der Waals surface area contributed by atoms with Gasteiger partial charge in [-0.05, 0) is 24.7 Å². The number of rotatable bonds is 4. The molecule has 24 heavy (non-hydrogen) atoms. The van der Waals surface area contributed by atoms with Gasteiger partial charge >= 0.3 is 6.03 Å². The second kappa shape index (κ2) is 7.29. The van der Waals surface area contributed by atoms with Crippen molar-refractivity contribution in [1.29, 1.82) is 0 Å². The molecule has 1 aliphatic rings. The average molecular weight is 349 g/mol. The number of hydrogen-bond donors (Lipinski definition) is 1. The Hall–Kier alpha value is -1.96. The van der Waals surface area contributed by atoms with Crippen molar-refractivity contribution in [2.45, 2.75) is 46.0 Å². The van der Waals surface area contributed by atoms with Gasteiger partial charge in [0, 0.05) is 37.5 Å². The number of nitrogens with one attached hydrogen (secondary N) is 1. The summed E-state index contributed by atoms with van der Waals surface area (Å²) >= 11 is 1.54. The van der Waals surface area contributed by atoms with E-state index in [2.05, 4.69) is 34.3 Å². The molecule has 0 aliphatic carbocycles. The van der Waals surface area contributed by atoms with Crippen LogP contribution in [-0.2, 0) is 6.42 Å². The van der Waals surface area contributed by atoms with E-state index in [1.807, 2.05) is 11.1 Å². The quantitative estimate of drug-likeness (QED) is 0.914. The minimum atomic E-state index is -0.0753. The number of likely N-dealkylation sites (tertiary alicyclic amines) is 1. The lowest BCUT2D eigenvalue weighted by atomic mass is 9.95. The summed E-state index contributed by atoms with van der Waals surface area (Å²) < 4.78 is 5.02. The molecule has 130 valence electrons. The van der Waals surface area contributed by atoms with Crippen LogP contribution in [0.25, 0.3) is 0 Å². The van der Waals surface area contributed by atoms with Crippen LogP contribution in [0.3, 0.4) is 0 Å². The van der Waals surface area contributed by atoms with E-state index in [-0.39, 0.29) is 6.03 Å². The SMILES string of the molecule is Cc1nc(C[C@H]2CCCN(C(=O)Nc3ncc(C(C)C)s3)C2)no1. The molecule has 0 unspecified atom stereocenters. The highest BCUT2D eigenvalue weighted by atomic mass is 32.1. The van der Waals surface area contributed by atoms with Crippen LogP contribution in [0.1, 0.15) is 49.2 Å². The third-order valence-electron chi connectivity index (χ3n) is 4.15. The summed E-state index contributed by atoms with van der Waals surface area (Å²) in [7, 11) is 0.